The molecule has 0 atom stereocenters. The van der Waals surface area contributed by atoms with Crippen LogP contribution in [0.25, 0.3) is 0 Å². The Balaban J connectivity index is 1.98. The maximum absolute atomic E-state index is 12.1. The number of nitrogens with zero attached hydrogens (tertiary/aromatic N) is 1. The zero-order valence-electron chi connectivity index (χ0n) is 11.7. The predicted octanol–water partition coefficient (Wildman–Crippen LogP) is 2.82. The number of rotatable bonds is 5. The van der Waals surface area contributed by atoms with Crippen LogP contribution in [0, 0.1) is 0 Å². The monoisotopic (exact) mass is 289 g/mol. The molecule has 2 aromatic rings. The molecule has 0 aromatic carbocycles. The Morgan fingerprint density at radius 3 is 2.90 bits per heavy atom. The van der Waals surface area contributed by atoms with Crippen molar-refractivity contribution in [2.45, 2.75) is 26.2 Å². The first-order chi connectivity index (χ1) is 9.56. The molecule has 0 radical (unpaired) electrons. The molecule has 0 spiro atoms. The molecule has 0 aliphatic rings. The number of hydrogen-bond donors (Lipinski definition) is 2. The Labute approximate surface area is 123 Å². The van der Waals surface area contributed by atoms with Gasteiger partial charge < -0.3 is 11.1 Å². The number of pyridine rings is 1. The van der Waals surface area contributed by atoms with Crippen LogP contribution in [-0.4, -0.2) is 17.4 Å². The van der Waals surface area contributed by atoms with E-state index in [1.807, 2.05) is 31.4 Å². The summed E-state index contributed by atoms with van der Waals surface area (Å²) in [6.45, 7) is 4.68. The van der Waals surface area contributed by atoms with Gasteiger partial charge in [0.2, 0.25) is 0 Å². The summed E-state index contributed by atoms with van der Waals surface area (Å²) < 4.78 is 0. The Hall–Kier alpha value is -1.88. The van der Waals surface area contributed by atoms with Crippen LogP contribution < -0.4 is 11.1 Å². The topological polar surface area (TPSA) is 68.0 Å². The van der Waals surface area contributed by atoms with Crippen molar-refractivity contribution in [1.82, 2.24) is 10.3 Å². The van der Waals surface area contributed by atoms with E-state index in [4.69, 9.17) is 5.73 Å². The van der Waals surface area contributed by atoms with E-state index in [0.717, 1.165) is 12.1 Å². The van der Waals surface area contributed by atoms with E-state index < -0.39 is 0 Å². The van der Waals surface area contributed by atoms with Crippen LogP contribution in [0.15, 0.2) is 29.6 Å². The molecule has 4 nitrogen and oxygen atoms in total. The van der Waals surface area contributed by atoms with Crippen molar-refractivity contribution in [2.75, 3.05) is 12.3 Å². The predicted molar refractivity (Wildman–Crippen MR) is 83.1 cm³/mol. The quantitative estimate of drug-likeness (QED) is 0.889. The lowest BCUT2D eigenvalue weighted by molar-refractivity contribution is 0.0954. The summed E-state index contributed by atoms with van der Waals surface area (Å²) in [6, 6.07) is 7.51. The standard InChI is InChI=1S/C15H19N3OS/c1-10(2)13-8-11(9-14(16)18-13)15(19)17-6-5-12-4-3-7-20-12/h3-4,7-10H,5-6H2,1-2H3,(H2,16,18)(H,17,19). The van der Waals surface area contributed by atoms with Crippen molar-refractivity contribution in [1.29, 1.82) is 0 Å². The maximum atomic E-state index is 12.1. The van der Waals surface area contributed by atoms with Crippen LogP contribution in [0.2, 0.25) is 0 Å². The Morgan fingerprint density at radius 1 is 1.45 bits per heavy atom. The van der Waals surface area contributed by atoms with Gasteiger partial charge in [0.15, 0.2) is 0 Å². The Bertz CT molecular complexity index is 579. The number of nitrogens with one attached hydrogen (secondary N) is 1. The third-order valence-corrected chi connectivity index (χ3v) is 3.89. The van der Waals surface area contributed by atoms with Gasteiger partial charge in [-0.15, -0.1) is 11.3 Å². The van der Waals surface area contributed by atoms with Crippen LogP contribution >= 0.6 is 11.3 Å². The average Bonchev–Trinajstić information content (AvgIpc) is 2.91. The fraction of sp³-hybridized carbons (Fsp3) is 0.333. The molecule has 2 rings (SSSR count). The Morgan fingerprint density at radius 2 is 2.25 bits per heavy atom. The molecule has 0 aliphatic carbocycles. The molecule has 0 unspecified atom stereocenters. The van der Waals surface area contributed by atoms with Crippen molar-refractivity contribution < 1.29 is 4.79 Å². The van der Waals surface area contributed by atoms with Gasteiger partial charge in [0.25, 0.3) is 5.91 Å². The third kappa shape index (κ3) is 3.81. The highest BCUT2D eigenvalue weighted by Crippen LogP contribution is 2.16. The fourth-order valence-electron chi connectivity index (χ4n) is 1.86. The van der Waals surface area contributed by atoms with E-state index in [1.165, 1.54) is 4.88 Å². The van der Waals surface area contributed by atoms with Gasteiger partial charge in [-0.3, -0.25) is 4.79 Å². The lowest BCUT2D eigenvalue weighted by atomic mass is 10.1. The second-order valence-corrected chi connectivity index (χ2v) is 5.98. The van der Waals surface area contributed by atoms with E-state index in [0.29, 0.717) is 17.9 Å². The van der Waals surface area contributed by atoms with Gasteiger partial charge in [-0.2, -0.15) is 0 Å². The minimum Gasteiger partial charge on any atom is -0.384 e. The smallest absolute Gasteiger partial charge is 0.251 e. The summed E-state index contributed by atoms with van der Waals surface area (Å²) >= 11 is 1.70. The van der Waals surface area contributed by atoms with Gasteiger partial charge in [-0.1, -0.05) is 19.9 Å². The summed E-state index contributed by atoms with van der Waals surface area (Å²) in [5.74, 6) is 0.535. The molecule has 0 saturated carbocycles. The SMILES string of the molecule is CC(C)c1cc(C(=O)NCCc2cccs2)cc(N)n1. The second-order valence-electron chi connectivity index (χ2n) is 4.95. The summed E-state index contributed by atoms with van der Waals surface area (Å²) in [5, 5.41) is 4.95. The Kier molecular flexibility index (Phi) is 4.74. The van der Waals surface area contributed by atoms with Crippen molar-refractivity contribution in [2.24, 2.45) is 0 Å². The first-order valence-electron chi connectivity index (χ1n) is 6.64. The molecular weight excluding hydrogens is 270 g/mol. The summed E-state index contributed by atoms with van der Waals surface area (Å²) in [7, 11) is 0. The van der Waals surface area contributed by atoms with E-state index in [9.17, 15) is 4.79 Å². The van der Waals surface area contributed by atoms with Crippen LogP contribution in [-0.2, 0) is 6.42 Å². The van der Waals surface area contributed by atoms with Crippen LogP contribution in [0.1, 0.15) is 40.7 Å². The summed E-state index contributed by atoms with van der Waals surface area (Å²) in [6.07, 6.45) is 0.848. The van der Waals surface area contributed by atoms with Gasteiger partial charge in [-0.25, -0.2) is 4.98 Å². The van der Waals surface area contributed by atoms with Gasteiger partial charge in [0.1, 0.15) is 5.82 Å². The fourth-order valence-corrected chi connectivity index (χ4v) is 2.57. The normalized spacial score (nSPS) is 10.8. The highest BCUT2D eigenvalue weighted by Gasteiger charge is 2.10. The average molecular weight is 289 g/mol. The molecular formula is C15H19N3OS. The lowest BCUT2D eigenvalue weighted by Crippen LogP contribution is -2.26. The van der Waals surface area contributed by atoms with E-state index in [1.54, 1.807) is 17.4 Å². The van der Waals surface area contributed by atoms with Crippen LogP contribution in [0.5, 0.6) is 0 Å². The number of aromatic nitrogens is 1. The minimum atomic E-state index is -0.0995. The molecule has 5 heteroatoms. The number of carbonyl (C=O) groups excluding carboxylic acids is 1. The number of hydrogen-bond acceptors (Lipinski definition) is 4. The lowest BCUT2D eigenvalue weighted by Gasteiger charge is -2.09. The summed E-state index contributed by atoms with van der Waals surface area (Å²) in [5.41, 5.74) is 7.17. The molecule has 1 amide bonds. The molecule has 2 aromatic heterocycles. The highest BCUT2D eigenvalue weighted by molar-refractivity contribution is 7.09. The number of nitrogens with two attached hydrogens (primary N) is 1. The first kappa shape index (κ1) is 14.5. The zero-order chi connectivity index (χ0) is 14.5. The molecule has 106 valence electrons. The van der Waals surface area contributed by atoms with Crippen LogP contribution in [0.3, 0.4) is 0 Å². The minimum absolute atomic E-state index is 0.0995. The van der Waals surface area contributed by atoms with Gasteiger partial charge in [-0.05, 0) is 35.9 Å². The van der Waals surface area contributed by atoms with Crippen LogP contribution in [0.4, 0.5) is 5.82 Å². The highest BCUT2D eigenvalue weighted by atomic mass is 32.1. The van der Waals surface area contributed by atoms with Crippen molar-refractivity contribution in [3.63, 3.8) is 0 Å². The van der Waals surface area contributed by atoms with E-state index in [2.05, 4.69) is 16.4 Å². The van der Waals surface area contributed by atoms with Gasteiger partial charge in [0.05, 0.1) is 0 Å². The van der Waals surface area contributed by atoms with Gasteiger partial charge in [0, 0.05) is 22.7 Å². The largest absolute Gasteiger partial charge is 0.384 e. The van der Waals surface area contributed by atoms with Crippen molar-refractivity contribution in [3.05, 3.63) is 45.8 Å². The number of thiophene rings is 1. The third-order valence-electron chi connectivity index (χ3n) is 2.96. The van der Waals surface area contributed by atoms with Crippen molar-refractivity contribution in [3.8, 4) is 0 Å². The molecule has 3 N–H and O–H groups in total. The molecule has 0 aliphatic heterocycles. The van der Waals surface area contributed by atoms with Gasteiger partial charge >= 0.3 is 0 Å². The summed E-state index contributed by atoms with van der Waals surface area (Å²) in [4.78, 5) is 17.6. The number of amides is 1. The molecule has 0 bridgehead atoms. The van der Waals surface area contributed by atoms with E-state index in [-0.39, 0.29) is 11.8 Å². The zero-order valence-corrected chi connectivity index (χ0v) is 12.5. The molecule has 20 heavy (non-hydrogen) atoms. The van der Waals surface area contributed by atoms with Crippen molar-refractivity contribution >= 4 is 23.1 Å². The number of anilines is 1. The number of nitrogen functional groups attached to an aromatic ring is 1. The van der Waals surface area contributed by atoms with E-state index >= 15 is 0 Å². The molecule has 0 fully saturated rings. The number of carbonyl (C=O) groups is 1. The molecule has 2 heterocycles. The first-order valence-corrected chi connectivity index (χ1v) is 7.52. The second kappa shape index (κ2) is 6.52. The maximum Gasteiger partial charge on any atom is 0.251 e. The molecule has 0 saturated heterocycles.